The number of rotatable bonds is 10. The van der Waals surface area contributed by atoms with Crippen molar-refractivity contribution in [2.45, 2.75) is 133 Å². The number of aryl methyl sites for hydroxylation is 1. The quantitative estimate of drug-likeness (QED) is 0.294. The topological polar surface area (TPSA) is 195 Å². The molecule has 7 rings (SSSR count). The number of likely N-dealkylation sites (tertiary alicyclic amines) is 1. The third-order valence-corrected chi connectivity index (χ3v) is 14.8. The molecule has 2 saturated heterocycles. The zero-order valence-corrected chi connectivity index (χ0v) is 35.9. The number of pyridine rings is 1. The Morgan fingerprint density at radius 3 is 2.47 bits per heavy atom. The van der Waals surface area contributed by atoms with E-state index in [0.717, 1.165) is 18.4 Å². The summed E-state index contributed by atoms with van der Waals surface area (Å²) in [4.78, 5) is 64.7. The van der Waals surface area contributed by atoms with Gasteiger partial charge in [0, 0.05) is 36.5 Å². The van der Waals surface area contributed by atoms with E-state index in [-0.39, 0.29) is 25.5 Å². The average Bonchev–Trinajstić information content (AvgIpc) is 4.05. The number of hydrogen-bond donors (Lipinski definition) is 3. The van der Waals surface area contributed by atoms with Crippen molar-refractivity contribution in [3.8, 4) is 17.4 Å². The summed E-state index contributed by atoms with van der Waals surface area (Å²) in [7, 11) is -0.826. The molecule has 5 amide bonds. The van der Waals surface area contributed by atoms with Crippen LogP contribution in [0.25, 0.3) is 10.9 Å². The third kappa shape index (κ3) is 8.54. The first kappa shape index (κ1) is 42.5. The molecular formula is C42H58N6O10S. The van der Waals surface area contributed by atoms with E-state index in [1.165, 1.54) is 4.90 Å². The fourth-order valence-electron chi connectivity index (χ4n) is 8.38. The largest absolute Gasteiger partial charge is 0.496 e. The zero-order chi connectivity index (χ0) is 42.5. The Kier molecular flexibility index (Phi) is 11.6. The van der Waals surface area contributed by atoms with Crippen molar-refractivity contribution in [3.05, 3.63) is 35.9 Å². The van der Waals surface area contributed by atoms with Gasteiger partial charge in [0.05, 0.1) is 43.1 Å². The van der Waals surface area contributed by atoms with Crippen LogP contribution in [0.15, 0.2) is 30.4 Å². The second-order valence-corrected chi connectivity index (χ2v) is 19.8. The van der Waals surface area contributed by atoms with E-state index in [1.807, 2.05) is 52.0 Å². The van der Waals surface area contributed by atoms with Crippen LogP contribution in [0.2, 0.25) is 0 Å². The zero-order valence-electron chi connectivity index (χ0n) is 35.1. The molecule has 0 bridgehead atoms. The van der Waals surface area contributed by atoms with Gasteiger partial charge >= 0.3 is 6.03 Å². The minimum absolute atomic E-state index is 0.0106. The predicted molar refractivity (Wildman–Crippen MR) is 219 cm³/mol. The van der Waals surface area contributed by atoms with E-state index >= 15 is 0 Å². The molecule has 1 aromatic carbocycles. The number of amides is 5. The summed E-state index contributed by atoms with van der Waals surface area (Å²) in [6.45, 7) is 9.88. The lowest BCUT2D eigenvalue weighted by Gasteiger charge is -2.47. The first-order chi connectivity index (χ1) is 27.9. The standard InChI is InChI=1S/C42H58N6O10S/c1-25(2)57-34-20-33(29-15-16-32(55-6)26(3)35(29)44-34)58-28-19-31-36(49)45-42(38(51)46-59(53,54)41(5)17-18-41)21-27(42)13-11-9-8-10-12-14-30(37(50)48(31)22-28)43-39(52)47-23-40(4,24-47)56-7/h11,13,15-16,20,25,27-28,30-31H,8-10,12,14,17-19,21-24H2,1-7H3,(H,43,52)(H,45,49)(H,46,51)/b13-11-/t27-,28-,30+,31+,42-/m1/s1. The van der Waals surface area contributed by atoms with Crippen LogP contribution in [0, 0.1) is 12.8 Å². The molecule has 2 aromatic rings. The maximum absolute atomic E-state index is 14.8. The number of nitrogens with one attached hydrogen (secondary N) is 3. The lowest BCUT2D eigenvalue weighted by Crippen LogP contribution is -2.66. The Morgan fingerprint density at radius 1 is 1.05 bits per heavy atom. The summed E-state index contributed by atoms with van der Waals surface area (Å²) in [5.74, 6) is -0.913. The molecule has 2 aliphatic carbocycles. The number of ether oxygens (including phenoxy) is 4. The Bertz CT molecular complexity index is 2130. The number of methoxy groups -OCH3 is 2. The highest BCUT2D eigenvalue weighted by Crippen LogP contribution is 2.48. The van der Waals surface area contributed by atoms with Gasteiger partial charge in [0.1, 0.15) is 40.8 Å². The minimum Gasteiger partial charge on any atom is -0.496 e. The fraction of sp³-hybridized carbons (Fsp3) is 0.643. The van der Waals surface area contributed by atoms with E-state index in [0.29, 0.717) is 73.5 Å². The van der Waals surface area contributed by atoms with Gasteiger partial charge in [-0.05, 0) is 85.3 Å². The van der Waals surface area contributed by atoms with E-state index in [9.17, 15) is 27.6 Å². The highest BCUT2D eigenvalue weighted by atomic mass is 32.2. The smallest absolute Gasteiger partial charge is 0.318 e. The van der Waals surface area contributed by atoms with Gasteiger partial charge in [0.15, 0.2) is 0 Å². The maximum atomic E-state index is 14.8. The number of urea groups is 1. The van der Waals surface area contributed by atoms with Gasteiger partial charge < -0.3 is 39.4 Å². The van der Waals surface area contributed by atoms with Gasteiger partial charge in [-0.2, -0.15) is 0 Å². The molecule has 5 aliphatic rings. The molecule has 16 nitrogen and oxygen atoms in total. The highest BCUT2D eigenvalue weighted by Gasteiger charge is 2.63. The van der Waals surface area contributed by atoms with Crippen molar-refractivity contribution < 1.29 is 46.5 Å². The molecule has 0 radical (unpaired) electrons. The van der Waals surface area contributed by atoms with Gasteiger partial charge in [0.25, 0.3) is 5.91 Å². The van der Waals surface area contributed by atoms with Crippen LogP contribution < -0.4 is 29.6 Å². The molecule has 3 aliphatic heterocycles. The number of carbonyl (C=O) groups excluding carboxylic acids is 4. The molecule has 0 unspecified atom stereocenters. The van der Waals surface area contributed by atoms with Crippen LogP contribution in [0.4, 0.5) is 4.79 Å². The summed E-state index contributed by atoms with van der Waals surface area (Å²) < 4.78 is 51.5. The third-order valence-electron chi connectivity index (χ3n) is 12.6. The monoisotopic (exact) mass is 838 g/mol. The minimum atomic E-state index is -4.00. The van der Waals surface area contributed by atoms with Crippen LogP contribution in [0.5, 0.6) is 17.4 Å². The first-order valence-corrected chi connectivity index (χ1v) is 22.2. The van der Waals surface area contributed by atoms with Crippen LogP contribution in [0.1, 0.15) is 91.0 Å². The Morgan fingerprint density at radius 2 is 1.80 bits per heavy atom. The summed E-state index contributed by atoms with van der Waals surface area (Å²) >= 11 is 0. The number of hydrogen-bond acceptors (Lipinski definition) is 11. The number of benzene rings is 1. The lowest BCUT2D eigenvalue weighted by molar-refractivity contribution is -0.141. The molecule has 5 atom stereocenters. The number of carbonyl (C=O) groups is 4. The summed E-state index contributed by atoms with van der Waals surface area (Å²) in [5.41, 5.74) is -0.620. The van der Waals surface area contributed by atoms with Crippen molar-refractivity contribution in [2.75, 3.05) is 33.9 Å². The molecule has 4 heterocycles. The van der Waals surface area contributed by atoms with E-state index < -0.39 is 73.8 Å². The normalized spacial score (nSPS) is 28.2. The van der Waals surface area contributed by atoms with Gasteiger partial charge in [-0.1, -0.05) is 25.0 Å². The Hall–Kier alpha value is -4.64. The average molecular weight is 839 g/mol. The molecule has 17 heteroatoms. The first-order valence-electron chi connectivity index (χ1n) is 20.7. The highest BCUT2D eigenvalue weighted by molar-refractivity contribution is 7.91. The van der Waals surface area contributed by atoms with Gasteiger partial charge in [0.2, 0.25) is 27.7 Å². The molecular weight excluding hydrogens is 781 g/mol. The SMILES string of the molecule is COc1ccc2c(O[C@@H]3C[C@H]4C(=O)N[C@]5(C(=O)NS(=O)(=O)C6(C)CC6)C[C@H]5/C=C\CCCCC[C@H](NC(=O)N5CC(C)(OC)C5)C(=O)N4C3)cc(OC(C)C)nc2c1C. The second-order valence-electron chi connectivity index (χ2n) is 17.6. The molecule has 1 aromatic heterocycles. The number of sulfonamides is 1. The number of aromatic nitrogens is 1. The van der Waals surface area contributed by atoms with E-state index in [4.69, 9.17) is 23.9 Å². The molecule has 3 N–H and O–H groups in total. The molecule has 2 saturated carbocycles. The van der Waals surface area contributed by atoms with Crippen molar-refractivity contribution in [3.63, 3.8) is 0 Å². The Labute approximate surface area is 346 Å². The van der Waals surface area contributed by atoms with Crippen LogP contribution in [-0.4, -0.2) is 121 Å². The second kappa shape index (κ2) is 16.1. The number of fused-ring (bicyclic) bond motifs is 3. The summed E-state index contributed by atoms with van der Waals surface area (Å²) in [6.07, 6.45) is 7.31. The summed E-state index contributed by atoms with van der Waals surface area (Å²) in [5, 5.41) is 6.56. The molecule has 59 heavy (non-hydrogen) atoms. The van der Waals surface area contributed by atoms with Gasteiger partial charge in [-0.15, -0.1) is 0 Å². The summed E-state index contributed by atoms with van der Waals surface area (Å²) in [6, 6.07) is 2.87. The van der Waals surface area contributed by atoms with Gasteiger partial charge in [-0.25, -0.2) is 18.2 Å². The Balaban J connectivity index is 1.21. The maximum Gasteiger partial charge on any atom is 0.318 e. The lowest BCUT2D eigenvalue weighted by atomic mass is 9.97. The van der Waals surface area contributed by atoms with Crippen molar-refractivity contribution in [2.24, 2.45) is 5.92 Å². The van der Waals surface area contributed by atoms with Crippen LogP contribution in [0.3, 0.4) is 0 Å². The van der Waals surface area contributed by atoms with Gasteiger partial charge in [-0.3, -0.25) is 19.1 Å². The van der Waals surface area contributed by atoms with Crippen LogP contribution >= 0.6 is 0 Å². The fourth-order valence-corrected chi connectivity index (χ4v) is 9.69. The van der Waals surface area contributed by atoms with Crippen molar-refractivity contribution in [1.29, 1.82) is 0 Å². The van der Waals surface area contributed by atoms with E-state index in [1.54, 1.807) is 32.1 Å². The molecule has 0 spiro atoms. The van der Waals surface area contributed by atoms with Crippen molar-refractivity contribution in [1.82, 2.24) is 30.1 Å². The predicted octanol–water partition coefficient (Wildman–Crippen LogP) is 3.88. The number of nitrogens with zero attached hydrogens (tertiary/aromatic N) is 3. The van der Waals surface area contributed by atoms with E-state index in [2.05, 4.69) is 15.4 Å². The van der Waals surface area contributed by atoms with Crippen LogP contribution in [-0.2, 0) is 29.1 Å². The van der Waals surface area contributed by atoms with Crippen molar-refractivity contribution >= 4 is 44.7 Å². The molecule has 4 fully saturated rings. The molecule has 322 valence electrons. The number of allylic oxidation sites excluding steroid dienone is 1.